The van der Waals surface area contributed by atoms with E-state index in [9.17, 15) is 4.79 Å². The third-order valence-corrected chi connectivity index (χ3v) is 5.93. The number of amides is 1. The minimum Gasteiger partial charge on any atom is -0.336 e. The first-order valence-corrected chi connectivity index (χ1v) is 9.28. The van der Waals surface area contributed by atoms with Crippen molar-refractivity contribution in [2.24, 2.45) is 5.92 Å². The van der Waals surface area contributed by atoms with Crippen molar-refractivity contribution in [3.63, 3.8) is 0 Å². The molecule has 1 aromatic carbocycles. The van der Waals surface area contributed by atoms with Gasteiger partial charge in [0.25, 0.3) is 5.91 Å². The molecule has 3 aliphatic heterocycles. The molecule has 2 atom stereocenters. The summed E-state index contributed by atoms with van der Waals surface area (Å²) in [7, 11) is 0. The predicted molar refractivity (Wildman–Crippen MR) is 93.6 cm³/mol. The molecule has 3 aliphatic rings. The molecule has 0 saturated carbocycles. The van der Waals surface area contributed by atoms with Crippen LogP contribution in [0.5, 0.6) is 0 Å². The van der Waals surface area contributed by atoms with Crippen molar-refractivity contribution in [2.45, 2.75) is 25.4 Å². The van der Waals surface area contributed by atoms with Crippen LogP contribution < -0.4 is 0 Å². The Morgan fingerprint density at radius 1 is 1.04 bits per heavy atom. The maximum absolute atomic E-state index is 12.7. The maximum Gasteiger partial charge on any atom is 0.263 e. The molecule has 1 aromatic heterocycles. The van der Waals surface area contributed by atoms with E-state index in [2.05, 4.69) is 40.1 Å². The molecule has 0 unspecified atom stereocenters. The van der Waals surface area contributed by atoms with E-state index in [1.807, 2.05) is 17.5 Å². The van der Waals surface area contributed by atoms with E-state index in [-0.39, 0.29) is 5.91 Å². The summed E-state index contributed by atoms with van der Waals surface area (Å²) in [6.45, 7) is 3.91. The van der Waals surface area contributed by atoms with Crippen LogP contribution in [0, 0.1) is 5.92 Å². The van der Waals surface area contributed by atoms with Crippen molar-refractivity contribution in [3.8, 4) is 0 Å². The van der Waals surface area contributed by atoms with Gasteiger partial charge in [-0.3, -0.25) is 9.69 Å². The summed E-state index contributed by atoms with van der Waals surface area (Å²) in [5.41, 5.74) is 1.37. The normalized spacial score (nSPS) is 24.6. The summed E-state index contributed by atoms with van der Waals surface area (Å²) in [5.74, 6) is 0.833. The zero-order valence-corrected chi connectivity index (χ0v) is 14.0. The van der Waals surface area contributed by atoms with Gasteiger partial charge in [-0.25, -0.2) is 0 Å². The second-order valence-electron chi connectivity index (χ2n) is 6.70. The highest BCUT2D eigenvalue weighted by Crippen LogP contribution is 2.30. The van der Waals surface area contributed by atoms with Gasteiger partial charge in [0.1, 0.15) is 0 Å². The zero-order chi connectivity index (χ0) is 15.6. The molecular formula is C19H22N2OS. The number of piperidine rings is 1. The van der Waals surface area contributed by atoms with Crippen LogP contribution in [0.2, 0.25) is 0 Å². The van der Waals surface area contributed by atoms with Crippen LogP contribution in [0.4, 0.5) is 0 Å². The third kappa shape index (κ3) is 3.19. The SMILES string of the molecule is O=C(c1cccs1)N1C[C@@H]2CC[C@H](C1)N(Cc1ccccc1)C2. The molecule has 0 radical (unpaired) electrons. The molecule has 2 bridgehead atoms. The van der Waals surface area contributed by atoms with E-state index in [1.54, 1.807) is 11.3 Å². The van der Waals surface area contributed by atoms with Crippen LogP contribution in [0.3, 0.4) is 0 Å². The lowest BCUT2D eigenvalue weighted by atomic mass is 9.94. The quantitative estimate of drug-likeness (QED) is 0.862. The Morgan fingerprint density at radius 3 is 2.70 bits per heavy atom. The van der Waals surface area contributed by atoms with Crippen LogP contribution >= 0.6 is 11.3 Å². The van der Waals surface area contributed by atoms with Gasteiger partial charge in [-0.15, -0.1) is 11.3 Å². The lowest BCUT2D eigenvalue weighted by molar-refractivity contribution is 0.0741. The van der Waals surface area contributed by atoms with E-state index in [4.69, 9.17) is 0 Å². The average molecular weight is 326 g/mol. The molecule has 4 heteroatoms. The molecule has 2 aromatic rings. The number of hydrogen-bond acceptors (Lipinski definition) is 3. The first kappa shape index (κ1) is 14.9. The summed E-state index contributed by atoms with van der Waals surface area (Å²) in [6, 6.07) is 15.1. The molecule has 3 fully saturated rings. The van der Waals surface area contributed by atoms with Crippen molar-refractivity contribution in [3.05, 3.63) is 58.3 Å². The number of carbonyl (C=O) groups excluding carboxylic acids is 1. The Kier molecular flexibility index (Phi) is 4.19. The predicted octanol–water partition coefficient (Wildman–Crippen LogP) is 3.48. The van der Waals surface area contributed by atoms with Crippen LogP contribution in [0.25, 0.3) is 0 Å². The first-order valence-electron chi connectivity index (χ1n) is 8.40. The van der Waals surface area contributed by atoms with E-state index in [0.29, 0.717) is 12.0 Å². The topological polar surface area (TPSA) is 23.6 Å². The van der Waals surface area contributed by atoms with Gasteiger partial charge >= 0.3 is 0 Å². The lowest BCUT2D eigenvalue weighted by Crippen LogP contribution is -2.43. The molecule has 23 heavy (non-hydrogen) atoms. The van der Waals surface area contributed by atoms with Crippen LogP contribution in [0.15, 0.2) is 47.8 Å². The minimum absolute atomic E-state index is 0.221. The van der Waals surface area contributed by atoms with Gasteiger partial charge in [-0.2, -0.15) is 0 Å². The molecule has 3 saturated heterocycles. The van der Waals surface area contributed by atoms with Crippen molar-refractivity contribution in [1.29, 1.82) is 0 Å². The fraction of sp³-hybridized carbons (Fsp3) is 0.421. The largest absolute Gasteiger partial charge is 0.336 e. The number of hydrogen-bond donors (Lipinski definition) is 0. The molecular weight excluding hydrogens is 304 g/mol. The summed E-state index contributed by atoms with van der Waals surface area (Å²) < 4.78 is 0. The highest BCUT2D eigenvalue weighted by molar-refractivity contribution is 7.12. The average Bonchev–Trinajstić information content (AvgIpc) is 2.97. The third-order valence-electron chi connectivity index (χ3n) is 5.07. The minimum atomic E-state index is 0.221. The van der Waals surface area contributed by atoms with Crippen LogP contribution in [0.1, 0.15) is 28.1 Å². The fourth-order valence-electron chi connectivity index (χ4n) is 3.91. The Bertz CT molecular complexity index is 655. The van der Waals surface area contributed by atoms with Gasteiger partial charge in [0.15, 0.2) is 0 Å². The molecule has 1 amide bonds. The van der Waals surface area contributed by atoms with E-state index in [0.717, 1.165) is 31.1 Å². The summed E-state index contributed by atoms with van der Waals surface area (Å²) in [6.07, 6.45) is 2.47. The Balaban J connectivity index is 1.49. The van der Waals surface area contributed by atoms with Crippen LogP contribution in [-0.2, 0) is 6.54 Å². The lowest BCUT2D eigenvalue weighted by Gasteiger charge is -2.36. The van der Waals surface area contributed by atoms with E-state index >= 15 is 0 Å². The summed E-state index contributed by atoms with van der Waals surface area (Å²) >= 11 is 1.55. The Hall–Kier alpha value is -1.65. The molecule has 0 N–H and O–H groups in total. The fourth-order valence-corrected chi connectivity index (χ4v) is 4.60. The number of nitrogens with zero attached hydrogens (tertiary/aromatic N) is 2. The summed E-state index contributed by atoms with van der Waals surface area (Å²) in [5, 5.41) is 1.99. The Morgan fingerprint density at radius 2 is 1.91 bits per heavy atom. The second kappa shape index (κ2) is 6.46. The van der Waals surface area contributed by atoms with Crippen molar-refractivity contribution in [2.75, 3.05) is 19.6 Å². The molecule has 4 heterocycles. The van der Waals surface area contributed by atoms with Crippen molar-refractivity contribution in [1.82, 2.24) is 9.80 Å². The van der Waals surface area contributed by atoms with Crippen molar-refractivity contribution >= 4 is 17.2 Å². The highest BCUT2D eigenvalue weighted by atomic mass is 32.1. The number of rotatable bonds is 3. The number of benzene rings is 1. The van der Waals surface area contributed by atoms with Gasteiger partial charge < -0.3 is 4.90 Å². The van der Waals surface area contributed by atoms with Gasteiger partial charge in [0.2, 0.25) is 0 Å². The molecule has 0 aliphatic carbocycles. The standard InChI is InChI=1S/C19H22N2OS/c22-19(18-7-4-10-23-18)21-13-16-8-9-17(14-21)20(12-16)11-15-5-2-1-3-6-15/h1-7,10,16-17H,8-9,11-14H2/t16-,17-/m1/s1. The van der Waals surface area contributed by atoms with Crippen LogP contribution in [-0.4, -0.2) is 41.4 Å². The smallest absolute Gasteiger partial charge is 0.263 e. The Labute approximate surface area is 141 Å². The maximum atomic E-state index is 12.7. The van der Waals surface area contributed by atoms with Gasteiger partial charge in [-0.05, 0) is 35.8 Å². The van der Waals surface area contributed by atoms with E-state index in [1.165, 1.54) is 18.4 Å². The van der Waals surface area contributed by atoms with E-state index < -0.39 is 0 Å². The second-order valence-corrected chi connectivity index (χ2v) is 7.65. The van der Waals surface area contributed by atoms with Gasteiger partial charge in [-0.1, -0.05) is 36.4 Å². The molecule has 5 rings (SSSR count). The molecule has 3 nitrogen and oxygen atoms in total. The summed E-state index contributed by atoms with van der Waals surface area (Å²) in [4.78, 5) is 18.3. The number of carbonyl (C=O) groups is 1. The highest BCUT2D eigenvalue weighted by Gasteiger charge is 2.36. The number of thiophene rings is 1. The van der Waals surface area contributed by atoms with Gasteiger partial charge in [0.05, 0.1) is 4.88 Å². The first-order chi connectivity index (χ1) is 11.3. The monoisotopic (exact) mass is 326 g/mol. The molecule has 0 spiro atoms. The van der Waals surface area contributed by atoms with Gasteiger partial charge in [0, 0.05) is 32.2 Å². The zero-order valence-electron chi connectivity index (χ0n) is 13.2. The molecule has 120 valence electrons. The van der Waals surface area contributed by atoms with Crippen molar-refractivity contribution < 1.29 is 4.79 Å². The number of fused-ring (bicyclic) bond motifs is 4.